The number of pyridine rings is 2. The van der Waals surface area contributed by atoms with Gasteiger partial charge in [-0.2, -0.15) is 5.10 Å². The number of aryl methyl sites for hydroxylation is 1. The zero-order chi connectivity index (χ0) is 18.3. The standard InChI is InChI=1S/C20H19N5O/c1-12(2)25-19-15(10-22-25)9-17(13(3)23-19)20(26)24-16-8-14-6-4-5-7-18(14)21-11-16/h4-12H,1-3H3,(H,24,26). The number of rotatable bonds is 3. The van der Waals surface area contributed by atoms with Gasteiger partial charge in [0.25, 0.3) is 5.91 Å². The lowest BCUT2D eigenvalue weighted by Gasteiger charge is -2.10. The zero-order valence-corrected chi connectivity index (χ0v) is 14.9. The van der Waals surface area contributed by atoms with E-state index in [0.29, 0.717) is 16.9 Å². The Morgan fingerprint density at radius 2 is 1.92 bits per heavy atom. The zero-order valence-electron chi connectivity index (χ0n) is 14.9. The molecule has 0 bridgehead atoms. The molecule has 3 aromatic heterocycles. The average Bonchev–Trinajstić information content (AvgIpc) is 3.03. The summed E-state index contributed by atoms with van der Waals surface area (Å²) in [4.78, 5) is 21.7. The minimum absolute atomic E-state index is 0.203. The van der Waals surface area contributed by atoms with Gasteiger partial charge in [0.05, 0.1) is 34.9 Å². The Labute approximate surface area is 150 Å². The second kappa shape index (κ2) is 6.22. The highest BCUT2D eigenvalue weighted by Crippen LogP contribution is 2.21. The van der Waals surface area contributed by atoms with Gasteiger partial charge >= 0.3 is 0 Å². The van der Waals surface area contributed by atoms with Gasteiger partial charge in [-0.3, -0.25) is 9.78 Å². The average molecular weight is 345 g/mol. The summed E-state index contributed by atoms with van der Waals surface area (Å²) in [5, 5.41) is 9.12. The number of hydrogen-bond donors (Lipinski definition) is 1. The van der Waals surface area contributed by atoms with Crippen LogP contribution in [0, 0.1) is 6.92 Å². The van der Waals surface area contributed by atoms with E-state index in [1.807, 2.05) is 48.0 Å². The van der Waals surface area contributed by atoms with Crippen LogP contribution in [0.25, 0.3) is 21.9 Å². The maximum Gasteiger partial charge on any atom is 0.257 e. The monoisotopic (exact) mass is 345 g/mol. The summed E-state index contributed by atoms with van der Waals surface area (Å²) < 4.78 is 1.86. The van der Waals surface area contributed by atoms with Crippen LogP contribution < -0.4 is 5.32 Å². The van der Waals surface area contributed by atoms with Crippen molar-refractivity contribution in [1.82, 2.24) is 19.7 Å². The number of nitrogens with zero attached hydrogens (tertiary/aromatic N) is 4. The van der Waals surface area contributed by atoms with Gasteiger partial charge in [-0.25, -0.2) is 9.67 Å². The number of benzene rings is 1. The maximum absolute atomic E-state index is 12.7. The molecule has 0 saturated carbocycles. The summed E-state index contributed by atoms with van der Waals surface area (Å²) in [5.74, 6) is -0.203. The Kier molecular flexibility index (Phi) is 3.88. The number of carbonyl (C=O) groups is 1. The minimum atomic E-state index is -0.203. The van der Waals surface area contributed by atoms with Crippen LogP contribution in [-0.2, 0) is 0 Å². The van der Waals surface area contributed by atoms with Crippen molar-refractivity contribution >= 4 is 33.5 Å². The Morgan fingerprint density at radius 3 is 2.73 bits per heavy atom. The number of para-hydroxylation sites is 1. The number of hydrogen-bond acceptors (Lipinski definition) is 4. The van der Waals surface area contributed by atoms with E-state index in [-0.39, 0.29) is 11.9 Å². The van der Waals surface area contributed by atoms with E-state index >= 15 is 0 Å². The van der Waals surface area contributed by atoms with Crippen molar-refractivity contribution in [3.8, 4) is 0 Å². The molecular weight excluding hydrogens is 326 g/mol. The minimum Gasteiger partial charge on any atom is -0.321 e. The molecule has 3 heterocycles. The molecule has 0 radical (unpaired) electrons. The summed E-state index contributed by atoms with van der Waals surface area (Å²) in [6.07, 6.45) is 3.41. The highest BCUT2D eigenvalue weighted by molar-refractivity contribution is 6.07. The molecule has 4 aromatic rings. The molecule has 6 nitrogen and oxygen atoms in total. The highest BCUT2D eigenvalue weighted by Gasteiger charge is 2.15. The SMILES string of the molecule is Cc1nc2c(cnn2C(C)C)cc1C(=O)Nc1cnc2ccccc2c1. The fourth-order valence-electron chi connectivity index (χ4n) is 3.01. The Hall–Kier alpha value is -3.28. The van der Waals surface area contributed by atoms with Gasteiger partial charge < -0.3 is 5.32 Å². The third-order valence-corrected chi connectivity index (χ3v) is 4.34. The van der Waals surface area contributed by atoms with Crippen molar-refractivity contribution in [2.75, 3.05) is 5.32 Å². The van der Waals surface area contributed by atoms with Crippen molar-refractivity contribution in [2.45, 2.75) is 26.8 Å². The second-order valence-electron chi connectivity index (χ2n) is 6.59. The van der Waals surface area contributed by atoms with E-state index in [1.54, 1.807) is 12.4 Å². The first kappa shape index (κ1) is 16.2. The number of nitrogens with one attached hydrogen (secondary N) is 1. The first-order valence-corrected chi connectivity index (χ1v) is 8.54. The molecule has 0 aliphatic rings. The number of amides is 1. The Morgan fingerprint density at radius 1 is 1.12 bits per heavy atom. The first-order chi connectivity index (χ1) is 12.5. The molecular formula is C20H19N5O. The molecule has 1 amide bonds. The summed E-state index contributed by atoms with van der Waals surface area (Å²) in [5.41, 5.74) is 3.55. The van der Waals surface area contributed by atoms with Crippen molar-refractivity contribution < 1.29 is 4.79 Å². The molecule has 0 aliphatic heterocycles. The van der Waals surface area contributed by atoms with Crippen molar-refractivity contribution in [2.24, 2.45) is 0 Å². The van der Waals surface area contributed by atoms with Gasteiger partial charge in [-0.15, -0.1) is 0 Å². The molecule has 1 aromatic carbocycles. The van der Waals surface area contributed by atoms with Gasteiger partial charge in [0.1, 0.15) is 0 Å². The quantitative estimate of drug-likeness (QED) is 0.606. The molecule has 130 valence electrons. The number of aromatic nitrogens is 4. The van der Waals surface area contributed by atoms with Crippen LogP contribution in [0.15, 0.2) is 48.8 Å². The van der Waals surface area contributed by atoms with Crippen LogP contribution in [-0.4, -0.2) is 25.7 Å². The van der Waals surface area contributed by atoms with E-state index in [0.717, 1.165) is 21.9 Å². The molecule has 26 heavy (non-hydrogen) atoms. The largest absolute Gasteiger partial charge is 0.321 e. The van der Waals surface area contributed by atoms with Gasteiger partial charge in [0, 0.05) is 16.8 Å². The fourth-order valence-corrected chi connectivity index (χ4v) is 3.01. The van der Waals surface area contributed by atoms with E-state index in [4.69, 9.17) is 0 Å². The smallest absolute Gasteiger partial charge is 0.257 e. The molecule has 0 unspecified atom stereocenters. The summed E-state index contributed by atoms with van der Waals surface area (Å²) in [6, 6.07) is 11.8. The third-order valence-electron chi connectivity index (χ3n) is 4.34. The molecule has 0 aliphatic carbocycles. The predicted octanol–water partition coefficient (Wildman–Crippen LogP) is 4.12. The number of carbonyl (C=O) groups excluding carboxylic acids is 1. The molecule has 0 spiro atoms. The van der Waals surface area contributed by atoms with Crippen molar-refractivity contribution in [1.29, 1.82) is 0 Å². The lowest BCUT2D eigenvalue weighted by molar-refractivity contribution is 0.102. The summed E-state index contributed by atoms with van der Waals surface area (Å²) >= 11 is 0. The van der Waals surface area contributed by atoms with E-state index in [1.165, 1.54) is 0 Å². The molecule has 4 rings (SSSR count). The van der Waals surface area contributed by atoms with Gasteiger partial charge in [-0.05, 0) is 39.0 Å². The van der Waals surface area contributed by atoms with Crippen molar-refractivity contribution in [3.05, 3.63) is 60.0 Å². The maximum atomic E-state index is 12.7. The molecule has 0 saturated heterocycles. The summed E-state index contributed by atoms with van der Waals surface area (Å²) in [6.45, 7) is 5.94. The highest BCUT2D eigenvalue weighted by atomic mass is 16.1. The van der Waals surface area contributed by atoms with E-state index in [9.17, 15) is 4.79 Å². The van der Waals surface area contributed by atoms with Crippen LogP contribution in [0.2, 0.25) is 0 Å². The lowest BCUT2D eigenvalue weighted by Crippen LogP contribution is -2.15. The van der Waals surface area contributed by atoms with Crippen LogP contribution >= 0.6 is 0 Å². The van der Waals surface area contributed by atoms with E-state index < -0.39 is 0 Å². The number of anilines is 1. The third kappa shape index (κ3) is 2.79. The summed E-state index contributed by atoms with van der Waals surface area (Å²) in [7, 11) is 0. The van der Waals surface area contributed by atoms with Crippen LogP contribution in [0.4, 0.5) is 5.69 Å². The predicted molar refractivity (Wildman–Crippen MR) is 102 cm³/mol. The Balaban J connectivity index is 1.67. The molecule has 1 N–H and O–H groups in total. The normalized spacial score (nSPS) is 11.4. The van der Waals surface area contributed by atoms with Crippen molar-refractivity contribution in [3.63, 3.8) is 0 Å². The van der Waals surface area contributed by atoms with Crippen LogP contribution in [0.1, 0.15) is 35.9 Å². The topological polar surface area (TPSA) is 72.7 Å². The van der Waals surface area contributed by atoms with Crippen LogP contribution in [0.3, 0.4) is 0 Å². The van der Waals surface area contributed by atoms with E-state index in [2.05, 4.69) is 34.2 Å². The van der Waals surface area contributed by atoms with Gasteiger partial charge in [0.2, 0.25) is 0 Å². The van der Waals surface area contributed by atoms with Gasteiger partial charge in [-0.1, -0.05) is 18.2 Å². The molecule has 0 fully saturated rings. The van der Waals surface area contributed by atoms with Crippen LogP contribution in [0.5, 0.6) is 0 Å². The number of fused-ring (bicyclic) bond motifs is 2. The molecule has 6 heteroatoms. The second-order valence-corrected chi connectivity index (χ2v) is 6.59. The lowest BCUT2D eigenvalue weighted by atomic mass is 10.1. The fraction of sp³-hybridized carbons (Fsp3) is 0.200. The van der Waals surface area contributed by atoms with Gasteiger partial charge in [0.15, 0.2) is 5.65 Å². The first-order valence-electron chi connectivity index (χ1n) is 8.54. The Bertz CT molecular complexity index is 1130. The molecule has 0 atom stereocenters.